The first-order chi connectivity index (χ1) is 17.0. The molecule has 2 aromatic carbocycles. The molecule has 192 valence electrons. The van der Waals surface area contributed by atoms with E-state index in [1.165, 1.54) is 0 Å². The smallest absolute Gasteiger partial charge is 0.316 e. The average molecular weight is 531 g/mol. The number of aromatic nitrogens is 4. The van der Waals surface area contributed by atoms with Gasteiger partial charge in [-0.1, -0.05) is 44.5 Å². The van der Waals surface area contributed by atoms with Crippen molar-refractivity contribution >= 4 is 33.9 Å². The number of nitrogens with one attached hydrogen (secondary N) is 3. The van der Waals surface area contributed by atoms with E-state index in [-0.39, 0.29) is 5.41 Å². The number of aryl methyl sites for hydroxylation is 2. The predicted molar refractivity (Wildman–Crippen MR) is 141 cm³/mol. The fourth-order valence-electron chi connectivity index (χ4n) is 3.32. The number of H-pyrrole nitrogens is 1. The molecule has 4 rings (SSSR count). The van der Waals surface area contributed by atoms with Gasteiger partial charge in [0.25, 0.3) is 11.3 Å². The van der Waals surface area contributed by atoms with E-state index in [0.717, 1.165) is 16.8 Å². The molecule has 0 spiro atoms. The lowest BCUT2D eigenvalue weighted by Crippen LogP contribution is -2.27. The zero-order valence-corrected chi connectivity index (χ0v) is 22.6. The molecule has 36 heavy (non-hydrogen) atoms. The Labute approximate surface area is 215 Å². The van der Waals surface area contributed by atoms with E-state index >= 15 is 0 Å². The zero-order valence-electron chi connectivity index (χ0n) is 21.0. The maximum Gasteiger partial charge on any atom is 0.316 e. The highest BCUT2D eigenvalue weighted by atomic mass is 32.2. The topological polar surface area (TPSA) is 123 Å². The minimum absolute atomic E-state index is 0.0774. The van der Waals surface area contributed by atoms with Crippen molar-refractivity contribution < 1.29 is 16.8 Å². The van der Waals surface area contributed by atoms with Gasteiger partial charge in [-0.2, -0.15) is 13.1 Å². The van der Waals surface area contributed by atoms with Crippen LogP contribution in [0.1, 0.15) is 56.4 Å². The van der Waals surface area contributed by atoms with Gasteiger partial charge in [0, 0.05) is 23.2 Å². The lowest BCUT2D eigenvalue weighted by atomic mass is 9.93. The molecule has 0 bridgehead atoms. The lowest BCUT2D eigenvalue weighted by molar-refractivity contribution is 0.522. The molecule has 0 amide bonds. The SMILES string of the molecule is Cc1ccc(OS(=O)Nc2ccc(C)c(OS(=O)NC(C)c3nnc4cc(C(C)(C)C)[nH]n34)c2)cc1. The van der Waals surface area contributed by atoms with Gasteiger partial charge in [-0.05, 0) is 44.5 Å². The monoisotopic (exact) mass is 530 g/mol. The molecule has 0 aliphatic heterocycles. The number of benzene rings is 2. The third kappa shape index (κ3) is 6.12. The predicted octanol–water partition coefficient (Wildman–Crippen LogP) is 4.35. The van der Waals surface area contributed by atoms with Gasteiger partial charge >= 0.3 is 11.3 Å². The molecule has 0 saturated heterocycles. The van der Waals surface area contributed by atoms with Crippen molar-refractivity contribution in [2.24, 2.45) is 0 Å². The highest BCUT2D eigenvalue weighted by Crippen LogP contribution is 2.26. The number of anilines is 1. The van der Waals surface area contributed by atoms with Gasteiger partial charge in [-0.3, -0.25) is 9.82 Å². The molecule has 2 aromatic heterocycles. The van der Waals surface area contributed by atoms with Crippen LogP contribution in [0.25, 0.3) is 5.65 Å². The van der Waals surface area contributed by atoms with Crippen LogP contribution in [0.3, 0.4) is 0 Å². The Hall–Kier alpha value is -3.22. The molecule has 0 aliphatic carbocycles. The summed E-state index contributed by atoms with van der Waals surface area (Å²) in [4.78, 5) is 0. The Kier molecular flexibility index (Phi) is 7.48. The molecule has 12 heteroatoms. The van der Waals surface area contributed by atoms with E-state index in [2.05, 4.69) is 45.5 Å². The van der Waals surface area contributed by atoms with Crippen LogP contribution in [0.5, 0.6) is 11.5 Å². The van der Waals surface area contributed by atoms with Crippen LogP contribution >= 0.6 is 0 Å². The second-order valence-electron chi connectivity index (χ2n) is 9.54. The summed E-state index contributed by atoms with van der Waals surface area (Å²) in [6.07, 6.45) is 0. The fourth-order valence-corrected chi connectivity index (χ4v) is 4.75. The van der Waals surface area contributed by atoms with E-state index in [1.807, 2.05) is 39.0 Å². The summed E-state index contributed by atoms with van der Waals surface area (Å²) in [6.45, 7) is 11.9. The minimum atomic E-state index is -1.88. The third-order valence-electron chi connectivity index (χ3n) is 5.43. The first-order valence-electron chi connectivity index (χ1n) is 11.3. The number of hydrogen-bond donors (Lipinski definition) is 3. The Bertz CT molecular complexity index is 1410. The molecule has 0 fully saturated rings. The summed E-state index contributed by atoms with van der Waals surface area (Å²) in [5, 5.41) is 11.7. The zero-order chi connectivity index (χ0) is 26.0. The fraction of sp³-hybridized carbons (Fsp3) is 0.333. The summed E-state index contributed by atoms with van der Waals surface area (Å²) >= 11 is -3.71. The van der Waals surface area contributed by atoms with Crippen molar-refractivity contribution in [1.29, 1.82) is 0 Å². The van der Waals surface area contributed by atoms with Crippen LogP contribution in [0.4, 0.5) is 5.69 Å². The Morgan fingerprint density at radius 3 is 2.39 bits per heavy atom. The van der Waals surface area contributed by atoms with Gasteiger partial charge in [0.2, 0.25) is 0 Å². The van der Waals surface area contributed by atoms with Crippen molar-refractivity contribution in [2.75, 3.05) is 4.72 Å². The van der Waals surface area contributed by atoms with Gasteiger partial charge in [0.05, 0.1) is 11.7 Å². The summed E-state index contributed by atoms with van der Waals surface area (Å²) in [7, 11) is 0. The number of nitrogens with zero attached hydrogens (tertiary/aromatic N) is 3. The minimum Gasteiger partial charge on any atom is -0.389 e. The summed E-state index contributed by atoms with van der Waals surface area (Å²) in [5.74, 6) is 1.42. The van der Waals surface area contributed by atoms with E-state index in [9.17, 15) is 8.42 Å². The third-order valence-corrected chi connectivity index (χ3v) is 7.06. The van der Waals surface area contributed by atoms with Gasteiger partial charge in [-0.15, -0.1) is 10.2 Å². The maximum atomic E-state index is 12.8. The molecular weight excluding hydrogens is 500 g/mol. The second-order valence-corrected chi connectivity index (χ2v) is 11.3. The highest BCUT2D eigenvalue weighted by Gasteiger charge is 2.22. The van der Waals surface area contributed by atoms with E-state index in [1.54, 1.807) is 34.8 Å². The number of aromatic amines is 1. The molecule has 0 saturated carbocycles. The van der Waals surface area contributed by atoms with Crippen LogP contribution in [0.2, 0.25) is 0 Å². The van der Waals surface area contributed by atoms with Crippen molar-refractivity contribution in [3.63, 3.8) is 0 Å². The van der Waals surface area contributed by atoms with Gasteiger partial charge < -0.3 is 8.37 Å². The van der Waals surface area contributed by atoms with E-state index in [4.69, 9.17) is 8.37 Å². The van der Waals surface area contributed by atoms with Crippen LogP contribution < -0.4 is 17.8 Å². The molecule has 2 heterocycles. The van der Waals surface area contributed by atoms with E-state index < -0.39 is 28.6 Å². The first kappa shape index (κ1) is 25.9. The highest BCUT2D eigenvalue weighted by molar-refractivity contribution is 7.82. The average Bonchev–Trinajstić information content (AvgIpc) is 3.38. The summed E-state index contributed by atoms with van der Waals surface area (Å²) < 4.78 is 43.7. The molecule has 3 N–H and O–H groups in total. The van der Waals surface area contributed by atoms with Crippen LogP contribution in [0.15, 0.2) is 48.5 Å². The van der Waals surface area contributed by atoms with Crippen molar-refractivity contribution in [2.45, 2.75) is 53.0 Å². The lowest BCUT2D eigenvalue weighted by Gasteiger charge is -2.16. The molecule has 10 nitrogen and oxygen atoms in total. The Morgan fingerprint density at radius 2 is 1.69 bits per heavy atom. The Morgan fingerprint density at radius 1 is 0.972 bits per heavy atom. The largest absolute Gasteiger partial charge is 0.389 e. The number of fused-ring (bicyclic) bond motifs is 1. The van der Waals surface area contributed by atoms with Crippen LogP contribution in [-0.2, 0) is 27.9 Å². The van der Waals surface area contributed by atoms with Gasteiger partial charge in [0.1, 0.15) is 11.5 Å². The van der Waals surface area contributed by atoms with Crippen molar-refractivity contribution in [3.8, 4) is 11.5 Å². The van der Waals surface area contributed by atoms with Crippen LogP contribution in [-0.4, -0.2) is 28.2 Å². The summed E-state index contributed by atoms with van der Waals surface area (Å²) in [6, 6.07) is 13.9. The van der Waals surface area contributed by atoms with Crippen molar-refractivity contribution in [1.82, 2.24) is 24.5 Å². The molecular formula is C24H30N6O4S2. The molecule has 0 radical (unpaired) electrons. The molecule has 3 atom stereocenters. The quantitative estimate of drug-likeness (QED) is 0.296. The standard InChI is InChI=1S/C24H30N6O4S2/c1-15-7-11-19(12-8-15)33-36(32)29-18-10-9-16(2)20(13-18)34-35(31)28-17(3)23-26-25-22-14-21(24(4,5)6)27-30(22)23/h7-14,17,27-29H,1-6H3. The normalized spacial score (nSPS) is 14.4. The Balaban J connectivity index is 1.40. The van der Waals surface area contributed by atoms with Gasteiger partial charge in [0.15, 0.2) is 11.5 Å². The second kappa shape index (κ2) is 10.4. The van der Waals surface area contributed by atoms with E-state index in [0.29, 0.717) is 28.7 Å². The van der Waals surface area contributed by atoms with Crippen molar-refractivity contribution in [3.05, 3.63) is 71.2 Å². The molecule has 0 aliphatic rings. The summed E-state index contributed by atoms with van der Waals surface area (Å²) in [5.41, 5.74) is 3.96. The maximum absolute atomic E-state index is 12.8. The number of hydrogen-bond acceptors (Lipinski definition) is 6. The van der Waals surface area contributed by atoms with Gasteiger partial charge in [-0.25, -0.2) is 4.52 Å². The number of rotatable bonds is 9. The first-order valence-corrected chi connectivity index (χ1v) is 13.5. The van der Waals surface area contributed by atoms with Crippen LogP contribution in [0, 0.1) is 13.8 Å². The molecule has 3 unspecified atom stereocenters. The molecule has 4 aromatic rings.